The van der Waals surface area contributed by atoms with Crippen LogP contribution in [0.3, 0.4) is 0 Å². The summed E-state index contributed by atoms with van der Waals surface area (Å²) < 4.78 is 13.5. The van der Waals surface area contributed by atoms with Gasteiger partial charge in [0.2, 0.25) is 5.91 Å². The van der Waals surface area contributed by atoms with Gasteiger partial charge in [0.25, 0.3) is 0 Å². The first kappa shape index (κ1) is 15.6. The lowest BCUT2D eigenvalue weighted by atomic mass is 10.2. The highest BCUT2D eigenvalue weighted by Gasteiger charge is 2.05. The molecule has 21 heavy (non-hydrogen) atoms. The van der Waals surface area contributed by atoms with Crippen molar-refractivity contribution in [1.29, 1.82) is 0 Å². The predicted octanol–water partition coefficient (Wildman–Crippen LogP) is 3.86. The average Bonchev–Trinajstić information content (AvgIpc) is 2.46. The highest BCUT2D eigenvalue weighted by atomic mass is 35.5. The van der Waals surface area contributed by atoms with Crippen LogP contribution in [0.1, 0.15) is 5.56 Å². The first-order chi connectivity index (χ1) is 10.0. The maximum atomic E-state index is 13.5. The molecule has 0 fully saturated rings. The SMILES string of the molecule is O=C(CNc1ccc(Cl)cc1F)NCc1ccc(Cl)cc1. The van der Waals surface area contributed by atoms with Crippen LogP contribution in [-0.4, -0.2) is 12.5 Å². The van der Waals surface area contributed by atoms with E-state index in [-0.39, 0.29) is 18.1 Å². The molecular formula is C15H13Cl2FN2O. The Balaban J connectivity index is 1.80. The average molecular weight is 327 g/mol. The van der Waals surface area contributed by atoms with Gasteiger partial charge in [0, 0.05) is 16.6 Å². The van der Waals surface area contributed by atoms with Crippen molar-refractivity contribution in [1.82, 2.24) is 5.32 Å². The largest absolute Gasteiger partial charge is 0.374 e. The fourth-order valence-electron chi connectivity index (χ4n) is 1.67. The number of benzene rings is 2. The smallest absolute Gasteiger partial charge is 0.239 e. The molecule has 1 amide bonds. The van der Waals surface area contributed by atoms with Crippen molar-refractivity contribution in [3.05, 3.63) is 63.9 Å². The normalized spacial score (nSPS) is 10.2. The molecule has 0 aliphatic heterocycles. The Hall–Kier alpha value is -1.78. The van der Waals surface area contributed by atoms with E-state index in [0.717, 1.165) is 5.56 Å². The topological polar surface area (TPSA) is 41.1 Å². The van der Waals surface area contributed by atoms with Crippen LogP contribution in [0.2, 0.25) is 10.0 Å². The molecule has 6 heteroatoms. The van der Waals surface area contributed by atoms with Crippen LogP contribution in [0.15, 0.2) is 42.5 Å². The summed E-state index contributed by atoms with van der Waals surface area (Å²) in [5.41, 5.74) is 1.17. The monoisotopic (exact) mass is 326 g/mol. The van der Waals surface area contributed by atoms with E-state index in [4.69, 9.17) is 23.2 Å². The van der Waals surface area contributed by atoms with Crippen molar-refractivity contribution < 1.29 is 9.18 Å². The number of carbonyl (C=O) groups excluding carboxylic acids is 1. The number of hydrogen-bond acceptors (Lipinski definition) is 2. The maximum Gasteiger partial charge on any atom is 0.239 e. The van der Waals surface area contributed by atoms with Gasteiger partial charge in [-0.05, 0) is 35.9 Å². The van der Waals surface area contributed by atoms with Crippen molar-refractivity contribution in [2.75, 3.05) is 11.9 Å². The van der Waals surface area contributed by atoms with Gasteiger partial charge < -0.3 is 10.6 Å². The van der Waals surface area contributed by atoms with Gasteiger partial charge in [-0.15, -0.1) is 0 Å². The first-order valence-corrected chi connectivity index (χ1v) is 7.00. The number of anilines is 1. The first-order valence-electron chi connectivity index (χ1n) is 6.24. The zero-order valence-electron chi connectivity index (χ0n) is 11.0. The number of nitrogens with one attached hydrogen (secondary N) is 2. The summed E-state index contributed by atoms with van der Waals surface area (Å²) in [6, 6.07) is 11.4. The van der Waals surface area contributed by atoms with Gasteiger partial charge in [-0.2, -0.15) is 0 Å². The molecule has 2 N–H and O–H groups in total. The second-order valence-electron chi connectivity index (χ2n) is 4.38. The number of carbonyl (C=O) groups is 1. The Labute approximate surface area is 132 Å². The minimum absolute atomic E-state index is 0.0217. The van der Waals surface area contributed by atoms with E-state index in [1.54, 1.807) is 18.2 Å². The molecule has 110 valence electrons. The van der Waals surface area contributed by atoms with Crippen LogP contribution in [0.5, 0.6) is 0 Å². The van der Waals surface area contributed by atoms with Crippen molar-refractivity contribution in [3.8, 4) is 0 Å². The summed E-state index contributed by atoms with van der Waals surface area (Å²) in [6.45, 7) is 0.368. The second-order valence-corrected chi connectivity index (χ2v) is 5.25. The van der Waals surface area contributed by atoms with E-state index < -0.39 is 5.82 Å². The summed E-state index contributed by atoms with van der Waals surface area (Å²) in [5.74, 6) is -0.729. The van der Waals surface area contributed by atoms with Crippen LogP contribution in [0.4, 0.5) is 10.1 Å². The van der Waals surface area contributed by atoms with Crippen LogP contribution >= 0.6 is 23.2 Å². The van der Waals surface area contributed by atoms with Crippen molar-refractivity contribution in [2.24, 2.45) is 0 Å². The molecule has 0 bridgehead atoms. The van der Waals surface area contributed by atoms with Crippen LogP contribution < -0.4 is 10.6 Å². The van der Waals surface area contributed by atoms with E-state index in [1.807, 2.05) is 12.1 Å². The van der Waals surface area contributed by atoms with Gasteiger partial charge in [0.1, 0.15) is 5.82 Å². The molecule has 2 aromatic carbocycles. The number of hydrogen-bond donors (Lipinski definition) is 2. The Morgan fingerprint density at radius 1 is 1.05 bits per heavy atom. The predicted molar refractivity (Wildman–Crippen MR) is 83.2 cm³/mol. The highest BCUT2D eigenvalue weighted by Crippen LogP contribution is 2.18. The summed E-state index contributed by atoms with van der Waals surface area (Å²) in [6.07, 6.45) is 0. The Bertz CT molecular complexity index is 632. The molecule has 0 radical (unpaired) electrons. The van der Waals surface area contributed by atoms with Crippen LogP contribution in [0, 0.1) is 5.82 Å². The standard InChI is InChI=1S/C15H13Cl2FN2O/c16-11-3-1-10(2-4-11)8-20-15(21)9-19-14-6-5-12(17)7-13(14)18/h1-7,19H,8-9H2,(H,20,21). The third kappa shape index (κ3) is 4.92. The minimum atomic E-state index is -0.493. The number of rotatable bonds is 5. The second kappa shape index (κ2) is 7.29. The lowest BCUT2D eigenvalue weighted by Crippen LogP contribution is -2.29. The molecule has 0 unspecified atom stereocenters. The van der Waals surface area contributed by atoms with E-state index in [1.165, 1.54) is 12.1 Å². The van der Waals surface area contributed by atoms with Gasteiger partial charge in [-0.25, -0.2) is 4.39 Å². The molecule has 0 aromatic heterocycles. The third-order valence-corrected chi connectivity index (χ3v) is 3.26. The molecule has 2 rings (SSSR count). The Kier molecular flexibility index (Phi) is 5.42. The Morgan fingerprint density at radius 3 is 2.38 bits per heavy atom. The zero-order valence-corrected chi connectivity index (χ0v) is 12.5. The molecule has 3 nitrogen and oxygen atoms in total. The summed E-state index contributed by atoms with van der Waals surface area (Å²) in [4.78, 5) is 11.7. The van der Waals surface area contributed by atoms with Crippen molar-refractivity contribution >= 4 is 34.8 Å². The van der Waals surface area contributed by atoms with E-state index in [2.05, 4.69) is 10.6 Å². The molecule has 0 aliphatic rings. The fraction of sp³-hybridized carbons (Fsp3) is 0.133. The molecule has 0 spiro atoms. The summed E-state index contributed by atoms with van der Waals surface area (Å²) in [7, 11) is 0. The fourth-order valence-corrected chi connectivity index (χ4v) is 1.96. The molecule has 0 heterocycles. The van der Waals surface area contributed by atoms with Gasteiger partial charge in [-0.3, -0.25) is 4.79 Å². The van der Waals surface area contributed by atoms with Crippen molar-refractivity contribution in [3.63, 3.8) is 0 Å². The molecular weight excluding hydrogens is 314 g/mol. The molecule has 0 aliphatic carbocycles. The maximum absolute atomic E-state index is 13.5. The van der Waals surface area contributed by atoms with Gasteiger partial charge in [0.15, 0.2) is 0 Å². The molecule has 0 saturated carbocycles. The molecule has 2 aromatic rings. The highest BCUT2D eigenvalue weighted by molar-refractivity contribution is 6.30. The Morgan fingerprint density at radius 2 is 1.71 bits per heavy atom. The van der Waals surface area contributed by atoms with E-state index in [0.29, 0.717) is 16.6 Å². The van der Waals surface area contributed by atoms with Gasteiger partial charge in [-0.1, -0.05) is 35.3 Å². The van der Waals surface area contributed by atoms with Crippen LogP contribution in [-0.2, 0) is 11.3 Å². The van der Waals surface area contributed by atoms with Crippen molar-refractivity contribution in [2.45, 2.75) is 6.54 Å². The third-order valence-electron chi connectivity index (χ3n) is 2.77. The zero-order chi connectivity index (χ0) is 15.2. The molecule has 0 atom stereocenters. The minimum Gasteiger partial charge on any atom is -0.374 e. The van der Waals surface area contributed by atoms with Gasteiger partial charge in [0.05, 0.1) is 12.2 Å². The summed E-state index contributed by atoms with van der Waals surface area (Å²) in [5, 5.41) is 6.40. The lowest BCUT2D eigenvalue weighted by Gasteiger charge is -2.09. The lowest BCUT2D eigenvalue weighted by molar-refractivity contribution is -0.119. The summed E-state index contributed by atoms with van der Waals surface area (Å²) >= 11 is 11.4. The van der Waals surface area contributed by atoms with E-state index in [9.17, 15) is 9.18 Å². The number of halogens is 3. The number of amides is 1. The molecule has 0 saturated heterocycles. The van der Waals surface area contributed by atoms with E-state index >= 15 is 0 Å². The van der Waals surface area contributed by atoms with Crippen LogP contribution in [0.25, 0.3) is 0 Å². The quantitative estimate of drug-likeness (QED) is 0.875. The van der Waals surface area contributed by atoms with Gasteiger partial charge >= 0.3 is 0 Å².